The van der Waals surface area contributed by atoms with Crippen LogP contribution in [-0.4, -0.2) is 25.2 Å². The highest BCUT2D eigenvalue weighted by Crippen LogP contribution is 1.95. The summed E-state index contributed by atoms with van der Waals surface area (Å²) in [4.78, 5) is 21.2. The molecule has 0 radical (unpaired) electrons. The number of nitrogens with one attached hydrogen (secondary N) is 1. The molecule has 0 bridgehead atoms. The fourth-order valence-electron chi connectivity index (χ4n) is 0.898. The standard InChI is InChI=1S/C9H18N2O3/c1-2-3-4-7-14-8(12)5-6-11-9(10)13/h2-7H2,1H3,(H3,10,11,13). The number of carbonyl (C=O) groups is 2. The molecule has 0 fully saturated rings. The molecule has 0 spiro atoms. The summed E-state index contributed by atoms with van der Waals surface area (Å²) in [5, 5.41) is 2.32. The second kappa shape index (κ2) is 8.34. The van der Waals surface area contributed by atoms with Gasteiger partial charge < -0.3 is 15.8 Å². The van der Waals surface area contributed by atoms with Crippen LogP contribution in [0.15, 0.2) is 0 Å². The molecule has 5 nitrogen and oxygen atoms in total. The van der Waals surface area contributed by atoms with E-state index in [1.165, 1.54) is 0 Å². The fourth-order valence-corrected chi connectivity index (χ4v) is 0.898. The van der Waals surface area contributed by atoms with Crippen LogP contribution in [-0.2, 0) is 9.53 Å². The van der Waals surface area contributed by atoms with Crippen LogP contribution in [0.5, 0.6) is 0 Å². The molecule has 0 atom stereocenters. The van der Waals surface area contributed by atoms with Crippen LogP contribution in [0, 0.1) is 0 Å². The van der Waals surface area contributed by atoms with E-state index in [4.69, 9.17) is 10.5 Å². The Kier molecular flexibility index (Phi) is 7.59. The molecule has 5 heteroatoms. The Bertz CT molecular complexity index is 183. The molecule has 14 heavy (non-hydrogen) atoms. The third-order valence-electron chi connectivity index (χ3n) is 1.64. The number of rotatable bonds is 7. The number of urea groups is 1. The van der Waals surface area contributed by atoms with Crippen LogP contribution in [0.25, 0.3) is 0 Å². The number of carbonyl (C=O) groups excluding carboxylic acids is 2. The van der Waals surface area contributed by atoms with E-state index in [2.05, 4.69) is 12.2 Å². The number of amides is 2. The average Bonchev–Trinajstić information content (AvgIpc) is 2.12. The van der Waals surface area contributed by atoms with Gasteiger partial charge in [-0.1, -0.05) is 19.8 Å². The Balaban J connectivity index is 3.24. The zero-order valence-electron chi connectivity index (χ0n) is 8.54. The molecule has 0 heterocycles. The molecule has 0 aromatic rings. The van der Waals surface area contributed by atoms with Gasteiger partial charge in [0.25, 0.3) is 0 Å². The van der Waals surface area contributed by atoms with Crippen LogP contribution >= 0.6 is 0 Å². The Labute approximate surface area is 84.0 Å². The maximum absolute atomic E-state index is 11.0. The number of esters is 1. The smallest absolute Gasteiger partial charge is 0.312 e. The molecule has 82 valence electrons. The van der Waals surface area contributed by atoms with Gasteiger partial charge in [0.1, 0.15) is 0 Å². The first kappa shape index (κ1) is 12.7. The molecule has 0 saturated carbocycles. The largest absolute Gasteiger partial charge is 0.466 e. The van der Waals surface area contributed by atoms with Gasteiger partial charge in [-0.2, -0.15) is 0 Å². The molecular formula is C9H18N2O3. The molecular weight excluding hydrogens is 184 g/mol. The highest BCUT2D eigenvalue weighted by molar-refractivity contribution is 5.73. The maximum Gasteiger partial charge on any atom is 0.312 e. The van der Waals surface area contributed by atoms with Gasteiger partial charge in [-0.15, -0.1) is 0 Å². The predicted octanol–water partition coefficient (Wildman–Crippen LogP) is 0.778. The second-order valence-electron chi connectivity index (χ2n) is 2.97. The molecule has 0 aromatic heterocycles. The number of nitrogens with two attached hydrogens (primary N) is 1. The van der Waals surface area contributed by atoms with Crippen molar-refractivity contribution >= 4 is 12.0 Å². The monoisotopic (exact) mass is 202 g/mol. The average molecular weight is 202 g/mol. The highest BCUT2D eigenvalue weighted by Gasteiger charge is 2.02. The van der Waals surface area contributed by atoms with Gasteiger partial charge in [0.15, 0.2) is 0 Å². The molecule has 0 unspecified atom stereocenters. The van der Waals surface area contributed by atoms with Crippen molar-refractivity contribution in [1.82, 2.24) is 5.32 Å². The first-order chi connectivity index (χ1) is 6.66. The first-order valence-electron chi connectivity index (χ1n) is 4.85. The maximum atomic E-state index is 11.0. The Morgan fingerprint density at radius 2 is 2.07 bits per heavy atom. The summed E-state index contributed by atoms with van der Waals surface area (Å²) in [6.45, 7) is 2.78. The van der Waals surface area contributed by atoms with Crippen molar-refractivity contribution in [2.75, 3.05) is 13.2 Å². The van der Waals surface area contributed by atoms with Crippen molar-refractivity contribution in [3.8, 4) is 0 Å². The van der Waals surface area contributed by atoms with Crippen molar-refractivity contribution in [2.45, 2.75) is 32.6 Å². The van der Waals surface area contributed by atoms with Crippen molar-refractivity contribution in [2.24, 2.45) is 5.73 Å². The Morgan fingerprint density at radius 3 is 2.64 bits per heavy atom. The van der Waals surface area contributed by atoms with Gasteiger partial charge in [0.05, 0.1) is 13.0 Å². The summed E-state index contributed by atoms with van der Waals surface area (Å²) < 4.78 is 4.89. The van der Waals surface area contributed by atoms with Crippen LogP contribution in [0.3, 0.4) is 0 Å². The summed E-state index contributed by atoms with van der Waals surface area (Å²) in [6.07, 6.45) is 3.23. The third kappa shape index (κ3) is 8.83. The molecule has 3 N–H and O–H groups in total. The summed E-state index contributed by atoms with van der Waals surface area (Å²) >= 11 is 0. The SMILES string of the molecule is CCCCCOC(=O)CCNC(N)=O. The third-order valence-corrected chi connectivity index (χ3v) is 1.64. The minimum absolute atomic E-state index is 0.176. The lowest BCUT2D eigenvalue weighted by atomic mass is 10.3. The van der Waals surface area contributed by atoms with Gasteiger partial charge in [-0.3, -0.25) is 4.79 Å². The lowest BCUT2D eigenvalue weighted by molar-refractivity contribution is -0.143. The quantitative estimate of drug-likeness (QED) is 0.472. The second-order valence-corrected chi connectivity index (χ2v) is 2.97. The Morgan fingerprint density at radius 1 is 1.36 bits per heavy atom. The number of ether oxygens (including phenoxy) is 1. The van der Waals surface area contributed by atoms with Crippen LogP contribution in [0.4, 0.5) is 4.79 Å². The number of hydrogen-bond acceptors (Lipinski definition) is 3. The molecule has 0 aliphatic carbocycles. The summed E-state index contributed by atoms with van der Waals surface area (Å²) in [5.74, 6) is -0.296. The van der Waals surface area contributed by atoms with E-state index in [9.17, 15) is 9.59 Å². The summed E-state index contributed by atoms with van der Waals surface area (Å²) in [7, 11) is 0. The lowest BCUT2D eigenvalue weighted by Crippen LogP contribution is -2.31. The normalized spacial score (nSPS) is 9.50. The minimum Gasteiger partial charge on any atom is -0.466 e. The van der Waals surface area contributed by atoms with Gasteiger partial charge >= 0.3 is 12.0 Å². The van der Waals surface area contributed by atoms with Gasteiger partial charge in [0.2, 0.25) is 0 Å². The van der Waals surface area contributed by atoms with Crippen molar-refractivity contribution < 1.29 is 14.3 Å². The van der Waals surface area contributed by atoms with Crippen LogP contribution in [0.1, 0.15) is 32.6 Å². The van der Waals surface area contributed by atoms with E-state index >= 15 is 0 Å². The van der Waals surface area contributed by atoms with E-state index in [-0.39, 0.29) is 18.9 Å². The molecule has 0 aliphatic rings. The van der Waals surface area contributed by atoms with E-state index in [1.807, 2.05) is 0 Å². The topological polar surface area (TPSA) is 81.4 Å². The number of unbranched alkanes of at least 4 members (excludes halogenated alkanes) is 2. The van der Waals surface area contributed by atoms with Crippen LogP contribution in [0.2, 0.25) is 0 Å². The molecule has 0 aromatic carbocycles. The van der Waals surface area contributed by atoms with Crippen LogP contribution < -0.4 is 11.1 Å². The molecule has 0 rings (SSSR count). The van der Waals surface area contributed by atoms with Gasteiger partial charge in [0, 0.05) is 6.54 Å². The minimum atomic E-state index is -0.621. The zero-order chi connectivity index (χ0) is 10.8. The lowest BCUT2D eigenvalue weighted by Gasteiger charge is -2.04. The van der Waals surface area contributed by atoms with Gasteiger partial charge in [-0.05, 0) is 6.42 Å². The highest BCUT2D eigenvalue weighted by atomic mass is 16.5. The Hall–Kier alpha value is -1.26. The molecule has 0 aliphatic heterocycles. The van der Waals surface area contributed by atoms with E-state index < -0.39 is 6.03 Å². The number of primary amides is 1. The summed E-state index contributed by atoms with van der Waals surface area (Å²) in [5.41, 5.74) is 4.82. The van der Waals surface area contributed by atoms with E-state index in [1.54, 1.807) is 0 Å². The van der Waals surface area contributed by atoms with Crippen molar-refractivity contribution in [3.63, 3.8) is 0 Å². The van der Waals surface area contributed by atoms with E-state index in [0.29, 0.717) is 6.61 Å². The number of hydrogen-bond donors (Lipinski definition) is 2. The van der Waals surface area contributed by atoms with Crippen molar-refractivity contribution in [1.29, 1.82) is 0 Å². The molecule has 0 saturated heterocycles. The molecule has 2 amide bonds. The van der Waals surface area contributed by atoms with E-state index in [0.717, 1.165) is 19.3 Å². The fraction of sp³-hybridized carbons (Fsp3) is 0.778. The zero-order valence-corrected chi connectivity index (χ0v) is 8.54. The first-order valence-corrected chi connectivity index (χ1v) is 4.85. The van der Waals surface area contributed by atoms with Crippen molar-refractivity contribution in [3.05, 3.63) is 0 Å². The predicted molar refractivity (Wildman–Crippen MR) is 52.7 cm³/mol. The van der Waals surface area contributed by atoms with Gasteiger partial charge in [-0.25, -0.2) is 4.79 Å². The summed E-state index contributed by atoms with van der Waals surface area (Å²) in [6, 6.07) is -0.621.